The molecule has 0 bridgehead atoms. The molecule has 1 aliphatic rings. The van der Waals surface area contributed by atoms with Crippen molar-refractivity contribution in [3.8, 4) is 0 Å². The lowest BCUT2D eigenvalue weighted by molar-refractivity contribution is -0.115. The van der Waals surface area contributed by atoms with Crippen LogP contribution in [0.15, 0.2) is 47.4 Å². The van der Waals surface area contributed by atoms with Crippen molar-refractivity contribution in [2.75, 3.05) is 0 Å². The highest BCUT2D eigenvalue weighted by Crippen LogP contribution is 2.33. The lowest BCUT2D eigenvalue weighted by Crippen LogP contribution is -2.36. The molecule has 0 unspecified atom stereocenters. The van der Waals surface area contributed by atoms with E-state index in [1.165, 1.54) is 12.2 Å². The van der Waals surface area contributed by atoms with E-state index >= 15 is 0 Å². The minimum atomic E-state index is -3.42. The molecule has 0 aliphatic heterocycles. The van der Waals surface area contributed by atoms with E-state index in [4.69, 9.17) is 0 Å². The van der Waals surface area contributed by atoms with Crippen molar-refractivity contribution >= 4 is 15.6 Å². The topological polar surface area (TPSA) is 51.2 Å². The van der Waals surface area contributed by atoms with E-state index in [9.17, 15) is 13.2 Å². The third-order valence-corrected chi connectivity index (χ3v) is 5.62. The van der Waals surface area contributed by atoms with Crippen LogP contribution >= 0.6 is 0 Å². The van der Waals surface area contributed by atoms with Crippen molar-refractivity contribution in [3.05, 3.63) is 42.5 Å². The molecular weight excluding hydrogens is 236 g/mol. The molecule has 0 N–H and O–H groups in total. The lowest BCUT2D eigenvalue weighted by Gasteiger charge is -2.28. The van der Waals surface area contributed by atoms with Crippen LogP contribution < -0.4 is 0 Å². The monoisotopic (exact) mass is 250 g/mol. The van der Waals surface area contributed by atoms with Gasteiger partial charge in [-0.3, -0.25) is 4.79 Å². The molecule has 1 aromatic rings. The second-order valence-corrected chi connectivity index (χ2v) is 6.84. The number of carbonyl (C=O) groups excluding carboxylic acids is 1. The predicted molar refractivity (Wildman–Crippen MR) is 65.4 cm³/mol. The fourth-order valence-corrected chi connectivity index (χ4v) is 3.57. The largest absolute Gasteiger partial charge is 0.295 e. The van der Waals surface area contributed by atoms with E-state index in [1.54, 1.807) is 37.3 Å². The fourth-order valence-electron chi connectivity index (χ4n) is 1.90. The van der Waals surface area contributed by atoms with Gasteiger partial charge in [0.2, 0.25) is 0 Å². The van der Waals surface area contributed by atoms with E-state index in [2.05, 4.69) is 0 Å². The summed E-state index contributed by atoms with van der Waals surface area (Å²) in [4.78, 5) is 11.4. The number of benzene rings is 1. The molecular formula is C13H14O3S. The zero-order chi connectivity index (χ0) is 12.5. The summed E-state index contributed by atoms with van der Waals surface area (Å²) < 4.78 is 23.9. The molecule has 0 heterocycles. The molecule has 3 nitrogen and oxygen atoms in total. The summed E-state index contributed by atoms with van der Waals surface area (Å²) in [6.07, 6.45) is 3.53. The average molecular weight is 250 g/mol. The maximum atomic E-state index is 12.5. The van der Waals surface area contributed by atoms with Gasteiger partial charge in [-0.25, -0.2) is 8.42 Å². The van der Waals surface area contributed by atoms with Gasteiger partial charge in [0.1, 0.15) is 0 Å². The molecule has 0 saturated carbocycles. The molecule has 0 saturated heterocycles. The first-order chi connectivity index (χ1) is 7.96. The van der Waals surface area contributed by atoms with Crippen LogP contribution in [0.1, 0.15) is 19.8 Å². The summed E-state index contributed by atoms with van der Waals surface area (Å²) in [5.74, 6) is -0.00858. The molecule has 2 rings (SSSR count). The maximum absolute atomic E-state index is 12.5. The third-order valence-electron chi connectivity index (χ3n) is 3.16. The van der Waals surface area contributed by atoms with E-state index in [-0.39, 0.29) is 5.78 Å². The highest BCUT2D eigenvalue weighted by Gasteiger charge is 2.39. The SMILES string of the molecule is C[C@]1(S(=O)(=O)c2ccccc2)C=CC(=O)CC1. The van der Waals surface area contributed by atoms with Crippen molar-refractivity contribution in [1.29, 1.82) is 0 Å². The van der Waals surface area contributed by atoms with Crippen molar-refractivity contribution in [2.45, 2.75) is 29.4 Å². The summed E-state index contributed by atoms with van der Waals surface area (Å²) in [5.41, 5.74) is 0. The van der Waals surface area contributed by atoms with Gasteiger partial charge in [-0.2, -0.15) is 0 Å². The Morgan fingerprint density at radius 2 is 1.82 bits per heavy atom. The molecule has 17 heavy (non-hydrogen) atoms. The Bertz CT molecular complexity index is 558. The van der Waals surface area contributed by atoms with Crippen LogP contribution in [-0.2, 0) is 14.6 Å². The second-order valence-electron chi connectivity index (χ2n) is 4.43. The number of carbonyl (C=O) groups is 1. The first-order valence-electron chi connectivity index (χ1n) is 5.47. The van der Waals surface area contributed by atoms with Crippen LogP contribution in [0.25, 0.3) is 0 Å². The quantitative estimate of drug-likeness (QED) is 0.808. The Morgan fingerprint density at radius 3 is 2.35 bits per heavy atom. The Morgan fingerprint density at radius 1 is 1.18 bits per heavy atom. The number of sulfone groups is 1. The zero-order valence-corrected chi connectivity index (χ0v) is 10.4. The van der Waals surface area contributed by atoms with Crippen molar-refractivity contribution in [1.82, 2.24) is 0 Å². The molecule has 0 aromatic heterocycles. The van der Waals surface area contributed by atoms with Crippen LogP contribution in [0.4, 0.5) is 0 Å². The Labute approximate surface area is 101 Å². The summed E-state index contributed by atoms with van der Waals surface area (Å²) in [7, 11) is -3.42. The van der Waals surface area contributed by atoms with Gasteiger partial charge in [-0.05, 0) is 31.6 Å². The standard InChI is InChI=1S/C13H14O3S/c1-13(9-7-11(14)8-10-13)17(15,16)12-5-3-2-4-6-12/h2-7,9H,8,10H2,1H3/t13-/m0/s1. The van der Waals surface area contributed by atoms with Crippen LogP contribution in [0.2, 0.25) is 0 Å². The molecule has 0 spiro atoms. The summed E-state index contributed by atoms with van der Waals surface area (Å²) in [5, 5.41) is 0. The number of ketones is 1. The van der Waals surface area contributed by atoms with Gasteiger partial charge >= 0.3 is 0 Å². The second kappa shape index (κ2) is 4.11. The fraction of sp³-hybridized carbons (Fsp3) is 0.308. The molecule has 1 atom stereocenters. The van der Waals surface area contributed by atoms with E-state index < -0.39 is 14.6 Å². The smallest absolute Gasteiger partial charge is 0.187 e. The van der Waals surface area contributed by atoms with Gasteiger partial charge in [-0.1, -0.05) is 24.3 Å². The first-order valence-corrected chi connectivity index (χ1v) is 6.96. The van der Waals surface area contributed by atoms with E-state index in [0.717, 1.165) is 0 Å². The minimum absolute atomic E-state index is 0.00858. The zero-order valence-electron chi connectivity index (χ0n) is 9.59. The maximum Gasteiger partial charge on any atom is 0.187 e. The lowest BCUT2D eigenvalue weighted by atomic mass is 9.96. The van der Waals surface area contributed by atoms with Gasteiger partial charge in [-0.15, -0.1) is 0 Å². The molecule has 90 valence electrons. The van der Waals surface area contributed by atoms with Crippen LogP contribution in [0, 0.1) is 0 Å². The first kappa shape index (κ1) is 12.0. The van der Waals surface area contributed by atoms with Gasteiger partial charge in [0.05, 0.1) is 9.64 Å². The van der Waals surface area contributed by atoms with Crippen LogP contribution in [0.3, 0.4) is 0 Å². The highest BCUT2D eigenvalue weighted by atomic mass is 32.2. The van der Waals surface area contributed by atoms with Gasteiger partial charge < -0.3 is 0 Å². The molecule has 0 fully saturated rings. The third kappa shape index (κ3) is 2.05. The predicted octanol–water partition coefficient (Wildman–Crippen LogP) is 2.14. The van der Waals surface area contributed by atoms with Crippen molar-refractivity contribution in [2.24, 2.45) is 0 Å². The summed E-state index contributed by atoms with van der Waals surface area (Å²) in [6.45, 7) is 1.66. The Kier molecular flexibility index (Phi) is 2.91. The molecule has 0 radical (unpaired) electrons. The van der Waals surface area contributed by atoms with Crippen LogP contribution in [-0.4, -0.2) is 18.9 Å². The van der Waals surface area contributed by atoms with Gasteiger partial charge in [0, 0.05) is 6.42 Å². The molecule has 1 aromatic carbocycles. The number of rotatable bonds is 2. The van der Waals surface area contributed by atoms with Crippen molar-refractivity contribution < 1.29 is 13.2 Å². The van der Waals surface area contributed by atoms with Gasteiger partial charge in [0.15, 0.2) is 15.6 Å². The molecule has 0 amide bonds. The summed E-state index contributed by atoms with van der Waals surface area (Å²) >= 11 is 0. The number of hydrogen-bond donors (Lipinski definition) is 0. The van der Waals surface area contributed by atoms with Crippen LogP contribution in [0.5, 0.6) is 0 Å². The average Bonchev–Trinajstić information content (AvgIpc) is 2.34. The van der Waals surface area contributed by atoms with E-state index in [1.807, 2.05) is 0 Å². The normalized spacial score (nSPS) is 24.9. The Hall–Kier alpha value is -1.42. The van der Waals surface area contributed by atoms with Crippen molar-refractivity contribution in [3.63, 3.8) is 0 Å². The summed E-state index contributed by atoms with van der Waals surface area (Å²) in [6, 6.07) is 8.36. The van der Waals surface area contributed by atoms with Gasteiger partial charge in [0.25, 0.3) is 0 Å². The molecule has 4 heteroatoms. The number of allylic oxidation sites excluding steroid dienone is 1. The highest BCUT2D eigenvalue weighted by molar-refractivity contribution is 7.93. The Balaban J connectivity index is 2.47. The van der Waals surface area contributed by atoms with E-state index in [0.29, 0.717) is 17.7 Å². The molecule has 1 aliphatic carbocycles. The minimum Gasteiger partial charge on any atom is -0.295 e. The number of hydrogen-bond acceptors (Lipinski definition) is 3.